The first-order chi connectivity index (χ1) is 12.6. The summed E-state index contributed by atoms with van der Waals surface area (Å²) >= 11 is 6.05. The number of benzene rings is 2. The topological polar surface area (TPSA) is 35.6 Å². The second kappa shape index (κ2) is 9.01. The predicted molar refractivity (Wildman–Crippen MR) is 103 cm³/mol. The van der Waals surface area contributed by atoms with Gasteiger partial charge in [0.25, 0.3) is 0 Å². The molecule has 1 fully saturated rings. The third-order valence-corrected chi connectivity index (χ3v) is 4.82. The van der Waals surface area contributed by atoms with Gasteiger partial charge in [0.1, 0.15) is 5.82 Å². The van der Waals surface area contributed by atoms with Crippen LogP contribution in [0, 0.1) is 5.82 Å². The Morgan fingerprint density at radius 1 is 1.08 bits per heavy atom. The summed E-state index contributed by atoms with van der Waals surface area (Å²) in [6.07, 6.45) is 0.501. The fraction of sp³-hybridized carbons (Fsp3) is 0.350. The van der Waals surface area contributed by atoms with Gasteiger partial charge in [0, 0.05) is 43.4 Å². The first kappa shape index (κ1) is 18.7. The van der Waals surface area contributed by atoms with Crippen molar-refractivity contribution in [1.82, 2.24) is 10.2 Å². The third-order valence-electron chi connectivity index (χ3n) is 4.59. The number of hydrogen-bond acceptors (Lipinski definition) is 3. The summed E-state index contributed by atoms with van der Waals surface area (Å²) in [4.78, 5) is 16.5. The number of halogens is 2. The summed E-state index contributed by atoms with van der Waals surface area (Å²) in [5, 5.41) is 3.61. The highest BCUT2D eigenvalue weighted by atomic mass is 35.5. The number of carbonyl (C=O) groups is 1. The third kappa shape index (κ3) is 5.19. The number of piperazine rings is 1. The molecule has 1 aliphatic heterocycles. The molecule has 1 aliphatic rings. The van der Waals surface area contributed by atoms with Gasteiger partial charge in [-0.25, -0.2) is 4.39 Å². The Bertz CT molecular complexity index is 747. The van der Waals surface area contributed by atoms with Crippen LogP contribution >= 0.6 is 11.6 Å². The van der Waals surface area contributed by atoms with E-state index in [1.165, 1.54) is 6.07 Å². The van der Waals surface area contributed by atoms with Crippen LogP contribution in [0.1, 0.15) is 5.56 Å². The van der Waals surface area contributed by atoms with Crippen LogP contribution in [-0.2, 0) is 11.2 Å². The summed E-state index contributed by atoms with van der Waals surface area (Å²) in [6, 6.07) is 14.5. The summed E-state index contributed by atoms with van der Waals surface area (Å²) in [7, 11) is 0. The molecule has 0 saturated carbocycles. The van der Waals surface area contributed by atoms with E-state index in [4.69, 9.17) is 11.6 Å². The van der Waals surface area contributed by atoms with Crippen LogP contribution < -0.4 is 10.2 Å². The highest BCUT2D eigenvalue weighted by Crippen LogP contribution is 2.20. The summed E-state index contributed by atoms with van der Waals surface area (Å²) in [5.41, 5.74) is 1.74. The number of nitrogens with zero attached hydrogens (tertiary/aromatic N) is 2. The quantitative estimate of drug-likeness (QED) is 0.843. The Morgan fingerprint density at radius 3 is 2.58 bits per heavy atom. The van der Waals surface area contributed by atoms with Crippen molar-refractivity contribution in [1.29, 1.82) is 0 Å². The van der Waals surface area contributed by atoms with Crippen LogP contribution in [0.2, 0.25) is 5.02 Å². The minimum absolute atomic E-state index is 0.0162. The summed E-state index contributed by atoms with van der Waals surface area (Å²) < 4.78 is 13.6. The molecule has 1 amide bonds. The first-order valence-corrected chi connectivity index (χ1v) is 9.22. The van der Waals surface area contributed by atoms with Gasteiger partial charge in [0.05, 0.1) is 6.54 Å². The van der Waals surface area contributed by atoms with E-state index in [0.29, 0.717) is 25.1 Å². The average molecular weight is 376 g/mol. The number of rotatable bonds is 6. The van der Waals surface area contributed by atoms with E-state index < -0.39 is 0 Å². The summed E-state index contributed by atoms with van der Waals surface area (Å²) in [6.45, 7) is 4.20. The SMILES string of the molecule is O=C(CN1CCN(c2cccc(Cl)c2)CC1)NCCc1ccccc1F. The zero-order valence-electron chi connectivity index (χ0n) is 14.6. The van der Waals surface area contributed by atoms with Crippen molar-refractivity contribution in [2.24, 2.45) is 0 Å². The van der Waals surface area contributed by atoms with E-state index in [-0.39, 0.29) is 11.7 Å². The molecule has 0 bridgehead atoms. The number of amides is 1. The van der Waals surface area contributed by atoms with Gasteiger partial charge >= 0.3 is 0 Å². The van der Waals surface area contributed by atoms with Crippen molar-refractivity contribution in [3.05, 3.63) is 64.9 Å². The number of anilines is 1. The summed E-state index contributed by atoms with van der Waals surface area (Å²) in [5.74, 6) is -0.239. The molecule has 1 heterocycles. The first-order valence-electron chi connectivity index (χ1n) is 8.85. The molecule has 1 N–H and O–H groups in total. The maximum absolute atomic E-state index is 13.6. The standard InChI is InChI=1S/C20H23ClFN3O/c21-17-5-3-6-18(14-17)25-12-10-24(11-13-25)15-20(26)23-9-8-16-4-1-2-7-19(16)22/h1-7,14H,8-13,15H2,(H,23,26). The lowest BCUT2D eigenvalue weighted by Gasteiger charge is -2.35. The second-order valence-electron chi connectivity index (χ2n) is 6.43. The largest absolute Gasteiger partial charge is 0.369 e. The molecule has 2 aromatic carbocycles. The van der Waals surface area contributed by atoms with Gasteiger partial charge in [-0.05, 0) is 36.2 Å². The van der Waals surface area contributed by atoms with Crippen molar-refractivity contribution in [2.45, 2.75) is 6.42 Å². The molecule has 0 spiro atoms. The van der Waals surface area contributed by atoms with E-state index in [9.17, 15) is 9.18 Å². The minimum atomic E-state index is -0.223. The molecule has 1 saturated heterocycles. The second-order valence-corrected chi connectivity index (χ2v) is 6.87. The van der Waals surface area contributed by atoms with Crippen LogP contribution in [0.15, 0.2) is 48.5 Å². The van der Waals surface area contributed by atoms with Crippen molar-refractivity contribution in [3.63, 3.8) is 0 Å². The average Bonchev–Trinajstić information content (AvgIpc) is 2.64. The van der Waals surface area contributed by atoms with Crippen molar-refractivity contribution < 1.29 is 9.18 Å². The molecule has 0 aromatic heterocycles. The zero-order chi connectivity index (χ0) is 18.4. The Hall–Kier alpha value is -2.11. The van der Waals surface area contributed by atoms with E-state index in [2.05, 4.69) is 21.2 Å². The fourth-order valence-corrected chi connectivity index (χ4v) is 3.32. The normalized spacial score (nSPS) is 15.1. The monoisotopic (exact) mass is 375 g/mol. The van der Waals surface area contributed by atoms with Crippen LogP contribution in [0.5, 0.6) is 0 Å². The molecule has 2 aromatic rings. The Balaban J connectivity index is 1.39. The van der Waals surface area contributed by atoms with E-state index in [1.807, 2.05) is 18.2 Å². The van der Waals surface area contributed by atoms with Gasteiger partial charge in [-0.2, -0.15) is 0 Å². The molecule has 0 radical (unpaired) electrons. The van der Waals surface area contributed by atoms with Gasteiger partial charge < -0.3 is 10.2 Å². The molecule has 6 heteroatoms. The van der Waals surface area contributed by atoms with Crippen LogP contribution in [0.3, 0.4) is 0 Å². The molecule has 4 nitrogen and oxygen atoms in total. The zero-order valence-corrected chi connectivity index (χ0v) is 15.4. The van der Waals surface area contributed by atoms with Crippen LogP contribution in [0.25, 0.3) is 0 Å². The number of carbonyl (C=O) groups excluding carboxylic acids is 1. The molecule has 0 unspecified atom stereocenters. The molecule has 138 valence electrons. The molecular weight excluding hydrogens is 353 g/mol. The predicted octanol–water partition coefficient (Wildman–Crippen LogP) is 2.96. The number of hydrogen-bond donors (Lipinski definition) is 1. The maximum atomic E-state index is 13.6. The van der Waals surface area contributed by atoms with Gasteiger partial charge in [0.2, 0.25) is 5.91 Å². The van der Waals surface area contributed by atoms with Crippen molar-refractivity contribution >= 4 is 23.2 Å². The van der Waals surface area contributed by atoms with E-state index in [1.54, 1.807) is 18.2 Å². The lowest BCUT2D eigenvalue weighted by molar-refractivity contribution is -0.122. The maximum Gasteiger partial charge on any atom is 0.234 e. The Morgan fingerprint density at radius 2 is 1.85 bits per heavy atom. The van der Waals surface area contributed by atoms with E-state index >= 15 is 0 Å². The lowest BCUT2D eigenvalue weighted by atomic mass is 10.1. The van der Waals surface area contributed by atoms with Gasteiger partial charge in [-0.3, -0.25) is 9.69 Å². The molecular formula is C20H23ClFN3O. The highest BCUT2D eigenvalue weighted by molar-refractivity contribution is 6.30. The van der Waals surface area contributed by atoms with Crippen molar-refractivity contribution in [2.75, 3.05) is 44.2 Å². The highest BCUT2D eigenvalue weighted by Gasteiger charge is 2.19. The fourth-order valence-electron chi connectivity index (χ4n) is 3.13. The number of nitrogens with one attached hydrogen (secondary N) is 1. The van der Waals surface area contributed by atoms with Crippen LogP contribution in [0.4, 0.5) is 10.1 Å². The van der Waals surface area contributed by atoms with Crippen molar-refractivity contribution in [3.8, 4) is 0 Å². The van der Waals surface area contributed by atoms with Gasteiger partial charge in [-0.15, -0.1) is 0 Å². The van der Waals surface area contributed by atoms with Gasteiger partial charge in [-0.1, -0.05) is 35.9 Å². The minimum Gasteiger partial charge on any atom is -0.369 e. The van der Waals surface area contributed by atoms with E-state index in [0.717, 1.165) is 36.9 Å². The molecule has 3 rings (SSSR count). The lowest BCUT2D eigenvalue weighted by Crippen LogP contribution is -2.49. The Labute approximate surface area is 158 Å². The molecule has 0 aliphatic carbocycles. The van der Waals surface area contributed by atoms with Crippen LogP contribution in [-0.4, -0.2) is 50.1 Å². The molecule has 26 heavy (non-hydrogen) atoms. The van der Waals surface area contributed by atoms with Gasteiger partial charge in [0.15, 0.2) is 0 Å². The molecule has 0 atom stereocenters. The smallest absolute Gasteiger partial charge is 0.234 e. The Kier molecular flexibility index (Phi) is 6.47.